The first-order valence-corrected chi connectivity index (χ1v) is 7.87. The van der Waals surface area contributed by atoms with Crippen molar-refractivity contribution >= 4 is 16.9 Å². The van der Waals surface area contributed by atoms with Gasteiger partial charge in [0.1, 0.15) is 5.60 Å². The van der Waals surface area contributed by atoms with Gasteiger partial charge in [-0.05, 0) is 56.0 Å². The number of rotatable bonds is 0. The van der Waals surface area contributed by atoms with Gasteiger partial charge in [-0.2, -0.15) is 0 Å². The van der Waals surface area contributed by atoms with Gasteiger partial charge in [-0.15, -0.1) is 0 Å². The molecule has 3 nitrogen and oxygen atoms in total. The van der Waals surface area contributed by atoms with Gasteiger partial charge in [-0.1, -0.05) is 36.4 Å². The molecule has 1 heterocycles. The van der Waals surface area contributed by atoms with E-state index in [-0.39, 0.29) is 12.1 Å². The van der Waals surface area contributed by atoms with Gasteiger partial charge in [0.05, 0.1) is 6.04 Å². The molecule has 1 aliphatic rings. The second-order valence-corrected chi connectivity index (χ2v) is 6.95. The molecule has 1 aliphatic heterocycles. The van der Waals surface area contributed by atoms with Gasteiger partial charge in [0.25, 0.3) is 0 Å². The number of hydrogen-bond donors (Lipinski definition) is 0. The van der Waals surface area contributed by atoms with Crippen molar-refractivity contribution in [1.82, 2.24) is 4.90 Å². The maximum atomic E-state index is 12.4. The summed E-state index contributed by atoms with van der Waals surface area (Å²) >= 11 is 0. The third-order valence-electron chi connectivity index (χ3n) is 4.23. The van der Waals surface area contributed by atoms with Crippen LogP contribution in [0, 0.1) is 0 Å². The second kappa shape index (κ2) is 5.31. The van der Waals surface area contributed by atoms with E-state index in [1.807, 2.05) is 25.7 Å². The van der Waals surface area contributed by atoms with Crippen LogP contribution in [0.1, 0.15) is 44.9 Å². The van der Waals surface area contributed by atoms with Crippen molar-refractivity contribution in [1.29, 1.82) is 0 Å². The smallest absolute Gasteiger partial charge is 0.410 e. The Kier molecular flexibility index (Phi) is 3.59. The molecule has 3 rings (SSSR count). The summed E-state index contributed by atoms with van der Waals surface area (Å²) in [6.45, 7) is 8.50. The zero-order valence-corrected chi connectivity index (χ0v) is 13.7. The molecule has 1 amide bonds. The zero-order chi connectivity index (χ0) is 15.9. The fourth-order valence-electron chi connectivity index (χ4n) is 3.19. The Morgan fingerprint density at radius 3 is 2.64 bits per heavy atom. The molecular weight excluding hydrogens is 274 g/mol. The molecule has 2 aromatic carbocycles. The van der Waals surface area contributed by atoms with Crippen LogP contribution in [0.2, 0.25) is 0 Å². The molecular formula is C19H23NO2. The highest BCUT2D eigenvalue weighted by atomic mass is 16.6. The van der Waals surface area contributed by atoms with Crippen LogP contribution >= 0.6 is 0 Å². The van der Waals surface area contributed by atoms with E-state index in [1.165, 1.54) is 21.9 Å². The summed E-state index contributed by atoms with van der Waals surface area (Å²) in [5.74, 6) is 0. The van der Waals surface area contributed by atoms with E-state index in [4.69, 9.17) is 4.74 Å². The molecule has 2 aromatic rings. The van der Waals surface area contributed by atoms with Crippen molar-refractivity contribution in [2.75, 3.05) is 6.54 Å². The van der Waals surface area contributed by atoms with E-state index < -0.39 is 5.60 Å². The van der Waals surface area contributed by atoms with Crippen LogP contribution < -0.4 is 0 Å². The number of nitrogens with zero attached hydrogens (tertiary/aromatic N) is 1. The molecule has 3 heteroatoms. The molecule has 0 saturated carbocycles. The molecule has 0 aliphatic carbocycles. The quantitative estimate of drug-likeness (QED) is 0.705. The van der Waals surface area contributed by atoms with Gasteiger partial charge in [0, 0.05) is 6.54 Å². The first-order chi connectivity index (χ1) is 10.4. The SMILES string of the molecule is CC1c2ccc3ccccc3c2CCN1C(=O)OC(C)(C)C. The molecule has 0 N–H and O–H groups in total. The van der Waals surface area contributed by atoms with Crippen molar-refractivity contribution < 1.29 is 9.53 Å². The van der Waals surface area contributed by atoms with Crippen molar-refractivity contribution in [2.45, 2.75) is 45.8 Å². The Balaban J connectivity index is 1.94. The summed E-state index contributed by atoms with van der Waals surface area (Å²) < 4.78 is 5.54. The third kappa shape index (κ3) is 2.68. The van der Waals surface area contributed by atoms with E-state index in [1.54, 1.807) is 0 Å². The maximum absolute atomic E-state index is 12.4. The van der Waals surface area contributed by atoms with Crippen molar-refractivity contribution in [2.24, 2.45) is 0 Å². The fourth-order valence-corrected chi connectivity index (χ4v) is 3.19. The van der Waals surface area contributed by atoms with E-state index in [2.05, 4.69) is 43.3 Å². The largest absolute Gasteiger partial charge is 0.444 e. The Bertz CT molecular complexity index is 715. The monoisotopic (exact) mass is 297 g/mol. The molecule has 0 radical (unpaired) electrons. The van der Waals surface area contributed by atoms with E-state index >= 15 is 0 Å². The van der Waals surface area contributed by atoms with Gasteiger partial charge in [0.15, 0.2) is 0 Å². The molecule has 1 atom stereocenters. The lowest BCUT2D eigenvalue weighted by molar-refractivity contribution is 0.0160. The van der Waals surface area contributed by atoms with Crippen LogP contribution in [-0.4, -0.2) is 23.1 Å². The minimum atomic E-state index is -0.458. The predicted octanol–water partition coefficient (Wildman–Crippen LogP) is 4.69. The zero-order valence-electron chi connectivity index (χ0n) is 13.7. The van der Waals surface area contributed by atoms with Gasteiger partial charge < -0.3 is 9.64 Å². The number of carbonyl (C=O) groups is 1. The van der Waals surface area contributed by atoms with Crippen LogP contribution in [0.4, 0.5) is 4.79 Å². The highest BCUT2D eigenvalue weighted by Gasteiger charge is 2.31. The lowest BCUT2D eigenvalue weighted by Gasteiger charge is -2.36. The van der Waals surface area contributed by atoms with Crippen LogP contribution in [0.15, 0.2) is 36.4 Å². The second-order valence-electron chi connectivity index (χ2n) is 6.95. The van der Waals surface area contributed by atoms with E-state index in [0.717, 1.165) is 6.42 Å². The normalized spacial score (nSPS) is 18.2. The molecule has 0 aromatic heterocycles. The van der Waals surface area contributed by atoms with Crippen molar-refractivity contribution in [3.05, 3.63) is 47.5 Å². The van der Waals surface area contributed by atoms with Crippen LogP contribution in [0.25, 0.3) is 10.8 Å². The Morgan fingerprint density at radius 1 is 1.18 bits per heavy atom. The minimum Gasteiger partial charge on any atom is -0.444 e. The summed E-state index contributed by atoms with van der Waals surface area (Å²) in [5, 5.41) is 2.56. The molecule has 0 bridgehead atoms. The average molecular weight is 297 g/mol. The summed E-state index contributed by atoms with van der Waals surface area (Å²) in [6, 6.07) is 12.8. The fraction of sp³-hybridized carbons (Fsp3) is 0.421. The summed E-state index contributed by atoms with van der Waals surface area (Å²) in [6.07, 6.45) is 0.652. The van der Waals surface area contributed by atoms with Gasteiger partial charge in [-0.25, -0.2) is 4.79 Å². The van der Waals surface area contributed by atoms with Crippen LogP contribution in [0.3, 0.4) is 0 Å². The Hall–Kier alpha value is -2.03. The predicted molar refractivity (Wildman–Crippen MR) is 89.0 cm³/mol. The number of benzene rings is 2. The van der Waals surface area contributed by atoms with Crippen molar-refractivity contribution in [3.63, 3.8) is 0 Å². The molecule has 0 saturated heterocycles. The first kappa shape index (κ1) is 14.9. The molecule has 0 fully saturated rings. The minimum absolute atomic E-state index is 0.0446. The maximum Gasteiger partial charge on any atom is 0.410 e. The van der Waals surface area contributed by atoms with Gasteiger partial charge >= 0.3 is 6.09 Å². The summed E-state index contributed by atoms with van der Waals surface area (Å²) in [4.78, 5) is 14.2. The lowest BCUT2D eigenvalue weighted by Crippen LogP contribution is -2.42. The number of amides is 1. The van der Waals surface area contributed by atoms with Crippen molar-refractivity contribution in [3.8, 4) is 0 Å². The molecule has 0 spiro atoms. The number of ether oxygens (including phenoxy) is 1. The molecule has 116 valence electrons. The van der Waals surface area contributed by atoms with Crippen LogP contribution in [0.5, 0.6) is 0 Å². The van der Waals surface area contributed by atoms with E-state index in [0.29, 0.717) is 6.54 Å². The number of hydrogen-bond acceptors (Lipinski definition) is 2. The lowest BCUT2D eigenvalue weighted by atomic mass is 9.89. The topological polar surface area (TPSA) is 29.5 Å². The van der Waals surface area contributed by atoms with E-state index in [9.17, 15) is 4.79 Å². The highest BCUT2D eigenvalue weighted by molar-refractivity contribution is 5.87. The first-order valence-electron chi connectivity index (χ1n) is 7.87. The highest BCUT2D eigenvalue weighted by Crippen LogP contribution is 2.34. The molecule has 22 heavy (non-hydrogen) atoms. The van der Waals surface area contributed by atoms with Gasteiger partial charge in [0.2, 0.25) is 0 Å². The standard InChI is InChI=1S/C19H23NO2/c1-13-15-10-9-14-7-5-6-8-16(14)17(15)11-12-20(13)18(21)22-19(2,3)4/h5-10,13H,11-12H2,1-4H3. The Morgan fingerprint density at radius 2 is 1.91 bits per heavy atom. The van der Waals surface area contributed by atoms with Gasteiger partial charge in [-0.3, -0.25) is 0 Å². The number of fused-ring (bicyclic) bond motifs is 3. The Labute approximate surface area is 131 Å². The average Bonchev–Trinajstić information content (AvgIpc) is 2.45. The third-order valence-corrected chi connectivity index (χ3v) is 4.23. The van der Waals surface area contributed by atoms with Crippen LogP contribution in [-0.2, 0) is 11.2 Å². The summed E-state index contributed by atoms with van der Waals surface area (Å²) in [7, 11) is 0. The number of carbonyl (C=O) groups excluding carboxylic acids is 1. The molecule has 1 unspecified atom stereocenters. The summed E-state index contributed by atoms with van der Waals surface area (Å²) in [5.41, 5.74) is 2.14.